The van der Waals surface area contributed by atoms with Gasteiger partial charge < -0.3 is 15.5 Å². The van der Waals surface area contributed by atoms with Crippen LogP contribution >= 0.6 is 0 Å². The van der Waals surface area contributed by atoms with Gasteiger partial charge in [-0.25, -0.2) is 4.98 Å². The van der Waals surface area contributed by atoms with Gasteiger partial charge >= 0.3 is 0 Å². The summed E-state index contributed by atoms with van der Waals surface area (Å²) < 4.78 is 5.18. The monoisotopic (exact) mass is 317 g/mol. The van der Waals surface area contributed by atoms with Gasteiger partial charge in [0.2, 0.25) is 0 Å². The largest absolute Gasteiger partial charge is 0.497 e. The number of hydrogen-bond donors (Lipinski definition) is 2. The molecule has 2 aromatic heterocycles. The molecule has 0 aliphatic carbocycles. The first kappa shape index (κ1) is 14.3. The minimum atomic E-state index is -0.175. The number of nitrogens with one attached hydrogen (secondary N) is 1. The van der Waals surface area contributed by atoms with Crippen LogP contribution in [0.25, 0.3) is 21.9 Å². The lowest BCUT2D eigenvalue weighted by Crippen LogP contribution is -2.06. The van der Waals surface area contributed by atoms with Gasteiger partial charge in [0.15, 0.2) is 5.78 Å². The number of methoxy groups -OCH3 is 1. The number of para-hydroxylation sites is 1. The standard InChI is InChI=1S/C19H15N3O2/c1-24-12-6-7-16(20)15(9-12)18(23)11-8-14-13-4-2-3-5-17(13)22-19(14)21-10-11/h2-10H,20H2,1H3,(H,21,22). The highest BCUT2D eigenvalue weighted by Gasteiger charge is 2.16. The summed E-state index contributed by atoms with van der Waals surface area (Å²) in [5.74, 6) is 0.416. The molecule has 0 atom stereocenters. The predicted octanol–water partition coefficient (Wildman–Crippen LogP) is 3.54. The summed E-state index contributed by atoms with van der Waals surface area (Å²) in [6.45, 7) is 0. The maximum Gasteiger partial charge on any atom is 0.196 e. The number of benzene rings is 2. The first-order valence-corrected chi connectivity index (χ1v) is 7.52. The molecule has 24 heavy (non-hydrogen) atoms. The minimum absolute atomic E-state index is 0.175. The molecule has 0 saturated carbocycles. The fourth-order valence-corrected chi connectivity index (χ4v) is 2.86. The van der Waals surface area contributed by atoms with Gasteiger partial charge in [0.05, 0.1) is 7.11 Å². The van der Waals surface area contributed by atoms with E-state index >= 15 is 0 Å². The van der Waals surface area contributed by atoms with Gasteiger partial charge in [0.25, 0.3) is 0 Å². The molecule has 0 aliphatic rings. The third-order valence-electron chi connectivity index (χ3n) is 4.13. The Labute approximate surface area is 138 Å². The van der Waals surface area contributed by atoms with Crippen molar-refractivity contribution in [3.63, 3.8) is 0 Å². The second-order valence-corrected chi connectivity index (χ2v) is 5.57. The highest BCUT2D eigenvalue weighted by Crippen LogP contribution is 2.27. The molecule has 4 rings (SSSR count). The normalized spacial score (nSPS) is 11.0. The van der Waals surface area contributed by atoms with E-state index < -0.39 is 0 Å². The number of fused-ring (bicyclic) bond motifs is 3. The van der Waals surface area contributed by atoms with Crippen molar-refractivity contribution in [3.8, 4) is 5.75 Å². The summed E-state index contributed by atoms with van der Waals surface area (Å²) in [4.78, 5) is 20.5. The number of H-pyrrole nitrogens is 1. The smallest absolute Gasteiger partial charge is 0.196 e. The third-order valence-corrected chi connectivity index (χ3v) is 4.13. The number of ether oxygens (including phenoxy) is 1. The van der Waals surface area contributed by atoms with E-state index in [9.17, 15) is 4.79 Å². The lowest BCUT2D eigenvalue weighted by molar-refractivity contribution is 0.103. The number of hydrogen-bond acceptors (Lipinski definition) is 4. The Morgan fingerprint density at radius 1 is 1.12 bits per heavy atom. The molecule has 0 saturated heterocycles. The maximum atomic E-state index is 12.9. The number of rotatable bonds is 3. The van der Waals surface area contributed by atoms with Gasteiger partial charge in [-0.1, -0.05) is 18.2 Å². The van der Waals surface area contributed by atoms with Crippen LogP contribution in [0.4, 0.5) is 5.69 Å². The van der Waals surface area contributed by atoms with Crippen molar-refractivity contribution < 1.29 is 9.53 Å². The summed E-state index contributed by atoms with van der Waals surface area (Å²) in [5.41, 5.74) is 9.03. The Kier molecular flexibility index (Phi) is 3.20. The van der Waals surface area contributed by atoms with Crippen LogP contribution in [0.3, 0.4) is 0 Å². The summed E-state index contributed by atoms with van der Waals surface area (Å²) in [5, 5.41) is 1.95. The SMILES string of the molecule is COc1ccc(N)c(C(=O)c2cnc3[nH]c4ccccc4c3c2)c1. The van der Waals surface area contributed by atoms with Crippen LogP contribution in [0.15, 0.2) is 54.7 Å². The van der Waals surface area contributed by atoms with E-state index in [1.54, 1.807) is 31.5 Å². The Morgan fingerprint density at radius 2 is 1.96 bits per heavy atom. The van der Waals surface area contributed by atoms with Crippen LogP contribution in [0.5, 0.6) is 5.75 Å². The van der Waals surface area contributed by atoms with Crippen LogP contribution in [0, 0.1) is 0 Å². The van der Waals surface area contributed by atoms with Gasteiger partial charge in [-0.15, -0.1) is 0 Å². The predicted molar refractivity (Wildman–Crippen MR) is 94.4 cm³/mol. The van der Waals surface area contributed by atoms with E-state index in [0.29, 0.717) is 22.6 Å². The molecule has 0 spiro atoms. The molecule has 0 aliphatic heterocycles. The first-order valence-electron chi connectivity index (χ1n) is 7.52. The second-order valence-electron chi connectivity index (χ2n) is 5.57. The first-order chi connectivity index (χ1) is 11.7. The summed E-state index contributed by atoms with van der Waals surface area (Å²) in [7, 11) is 1.55. The minimum Gasteiger partial charge on any atom is -0.497 e. The van der Waals surface area contributed by atoms with Crippen molar-refractivity contribution in [2.45, 2.75) is 0 Å². The number of nitrogen functional groups attached to an aromatic ring is 1. The Hall–Kier alpha value is -3.34. The zero-order valence-corrected chi connectivity index (χ0v) is 13.0. The number of anilines is 1. The van der Waals surface area contributed by atoms with Crippen molar-refractivity contribution in [1.82, 2.24) is 9.97 Å². The lowest BCUT2D eigenvalue weighted by atomic mass is 10.0. The maximum absolute atomic E-state index is 12.9. The Bertz CT molecular complexity index is 1080. The van der Waals surface area contributed by atoms with E-state index in [2.05, 4.69) is 9.97 Å². The molecule has 2 aromatic carbocycles. The van der Waals surface area contributed by atoms with E-state index in [1.807, 2.05) is 30.3 Å². The average molecular weight is 317 g/mol. The molecule has 0 radical (unpaired) electrons. The van der Waals surface area contributed by atoms with Crippen LogP contribution in [-0.4, -0.2) is 22.9 Å². The van der Waals surface area contributed by atoms with Gasteiger partial charge in [-0.05, 0) is 30.3 Å². The molecule has 0 amide bonds. The molecule has 4 aromatic rings. The van der Waals surface area contributed by atoms with Gasteiger partial charge in [0, 0.05) is 39.3 Å². The molecular formula is C19H15N3O2. The molecule has 0 fully saturated rings. The second kappa shape index (κ2) is 5.38. The number of carbonyl (C=O) groups excluding carboxylic acids is 1. The van der Waals surface area contributed by atoms with Crippen LogP contribution in [0.2, 0.25) is 0 Å². The molecule has 118 valence electrons. The summed E-state index contributed by atoms with van der Waals surface area (Å²) in [6.07, 6.45) is 1.57. The van der Waals surface area contributed by atoms with Crippen molar-refractivity contribution in [1.29, 1.82) is 0 Å². The number of aromatic nitrogens is 2. The highest BCUT2D eigenvalue weighted by atomic mass is 16.5. The van der Waals surface area contributed by atoms with Crippen LogP contribution in [-0.2, 0) is 0 Å². The topological polar surface area (TPSA) is 81.0 Å². The van der Waals surface area contributed by atoms with Crippen LogP contribution in [0.1, 0.15) is 15.9 Å². The number of nitrogens with two attached hydrogens (primary N) is 1. The summed E-state index contributed by atoms with van der Waals surface area (Å²) >= 11 is 0. The number of pyridine rings is 1. The Morgan fingerprint density at radius 3 is 2.79 bits per heavy atom. The molecule has 5 nitrogen and oxygen atoms in total. The molecule has 3 N–H and O–H groups in total. The van der Waals surface area contributed by atoms with Crippen LogP contribution < -0.4 is 10.5 Å². The zero-order chi connectivity index (χ0) is 16.7. The molecule has 5 heteroatoms. The molecule has 0 unspecified atom stereocenters. The fourth-order valence-electron chi connectivity index (χ4n) is 2.86. The quantitative estimate of drug-likeness (QED) is 0.447. The highest BCUT2D eigenvalue weighted by molar-refractivity contribution is 6.15. The fraction of sp³-hybridized carbons (Fsp3) is 0.0526. The van der Waals surface area contributed by atoms with Gasteiger partial charge in [0.1, 0.15) is 11.4 Å². The molecular weight excluding hydrogens is 302 g/mol. The van der Waals surface area contributed by atoms with E-state index in [0.717, 1.165) is 21.9 Å². The van der Waals surface area contributed by atoms with E-state index in [-0.39, 0.29) is 5.78 Å². The van der Waals surface area contributed by atoms with Crippen molar-refractivity contribution >= 4 is 33.4 Å². The molecule has 0 bridgehead atoms. The number of ketones is 1. The summed E-state index contributed by atoms with van der Waals surface area (Å²) in [6, 6.07) is 14.8. The van der Waals surface area contributed by atoms with E-state index in [1.165, 1.54) is 0 Å². The number of aromatic amines is 1. The average Bonchev–Trinajstić information content (AvgIpc) is 2.99. The van der Waals surface area contributed by atoms with E-state index in [4.69, 9.17) is 10.5 Å². The van der Waals surface area contributed by atoms with Crippen molar-refractivity contribution in [2.24, 2.45) is 0 Å². The number of carbonyl (C=O) groups is 1. The third kappa shape index (κ3) is 2.18. The van der Waals surface area contributed by atoms with Crippen molar-refractivity contribution in [2.75, 3.05) is 12.8 Å². The zero-order valence-electron chi connectivity index (χ0n) is 13.0. The lowest BCUT2D eigenvalue weighted by Gasteiger charge is -2.07. The van der Waals surface area contributed by atoms with Gasteiger partial charge in [-0.2, -0.15) is 0 Å². The van der Waals surface area contributed by atoms with Gasteiger partial charge in [-0.3, -0.25) is 4.79 Å². The number of nitrogens with zero attached hydrogens (tertiary/aromatic N) is 1. The van der Waals surface area contributed by atoms with Crippen molar-refractivity contribution in [3.05, 3.63) is 65.9 Å². The Balaban J connectivity index is 1.87. The molecule has 2 heterocycles.